The van der Waals surface area contributed by atoms with Gasteiger partial charge in [-0.1, -0.05) is 20.8 Å². The molecule has 2 heteroatoms. The van der Waals surface area contributed by atoms with E-state index in [1.54, 1.807) is 0 Å². The van der Waals surface area contributed by atoms with Crippen molar-refractivity contribution in [2.24, 2.45) is 10.4 Å². The van der Waals surface area contributed by atoms with Gasteiger partial charge in [0.1, 0.15) is 0 Å². The van der Waals surface area contributed by atoms with Crippen LogP contribution in [0.5, 0.6) is 0 Å². The lowest BCUT2D eigenvalue weighted by Crippen LogP contribution is -2.51. The average Bonchev–Trinajstić information content (AvgIpc) is 1.87. The van der Waals surface area contributed by atoms with Crippen LogP contribution in [-0.2, 0) is 0 Å². The lowest BCUT2D eigenvalue weighted by Gasteiger charge is -2.48. The van der Waals surface area contributed by atoms with Crippen LogP contribution in [0.3, 0.4) is 0 Å². The Hall–Kier alpha value is 0.0200. The molecule has 0 aromatic carbocycles. The van der Waals surface area contributed by atoms with Crippen LogP contribution in [0, 0.1) is 5.41 Å². The molecule has 1 rings (SSSR count). The number of hydrogen-bond acceptors (Lipinski definition) is 2. The number of rotatable bonds is 1. The van der Waals surface area contributed by atoms with E-state index in [1.807, 2.05) is 11.8 Å². The number of aliphatic imine (C=N–C) groups is 1. The van der Waals surface area contributed by atoms with Crippen LogP contribution in [-0.4, -0.2) is 16.3 Å². The van der Waals surface area contributed by atoms with E-state index >= 15 is 0 Å². The largest absolute Gasteiger partial charge is 0.275 e. The normalized spacial score (nSPS) is 25.7. The van der Waals surface area contributed by atoms with E-state index in [1.165, 1.54) is 5.04 Å². The van der Waals surface area contributed by atoms with Gasteiger partial charge in [-0.15, -0.1) is 11.8 Å². The SMILES string of the molecule is CCSC1=NC(C)(C)C1(C)C. The molecule has 0 unspecified atom stereocenters. The van der Waals surface area contributed by atoms with Crippen LogP contribution < -0.4 is 0 Å². The van der Waals surface area contributed by atoms with Crippen molar-refractivity contribution in [1.29, 1.82) is 0 Å². The Bertz CT molecular complexity index is 192. The Morgan fingerprint density at radius 3 is 2.09 bits per heavy atom. The van der Waals surface area contributed by atoms with Crippen molar-refractivity contribution in [3.05, 3.63) is 0 Å². The molecule has 0 amide bonds. The second kappa shape index (κ2) is 2.51. The maximum Gasteiger partial charge on any atom is 0.0763 e. The zero-order chi connectivity index (χ0) is 8.70. The molecule has 0 aromatic rings. The van der Waals surface area contributed by atoms with Crippen molar-refractivity contribution in [2.75, 3.05) is 5.75 Å². The number of nitrogens with zero attached hydrogens (tertiary/aromatic N) is 1. The molecule has 0 atom stereocenters. The summed E-state index contributed by atoms with van der Waals surface area (Å²) in [5.41, 5.74) is 0.457. The van der Waals surface area contributed by atoms with Crippen molar-refractivity contribution in [3.8, 4) is 0 Å². The zero-order valence-electron chi connectivity index (χ0n) is 8.06. The summed E-state index contributed by atoms with van der Waals surface area (Å²) < 4.78 is 0. The van der Waals surface area contributed by atoms with E-state index in [0.717, 1.165) is 5.75 Å². The highest BCUT2D eigenvalue weighted by atomic mass is 32.2. The fourth-order valence-corrected chi connectivity index (χ4v) is 2.27. The predicted molar refractivity (Wildman–Crippen MR) is 53.4 cm³/mol. The minimum Gasteiger partial charge on any atom is -0.275 e. The van der Waals surface area contributed by atoms with E-state index in [0.29, 0.717) is 5.41 Å². The first-order chi connectivity index (χ1) is 4.92. The van der Waals surface area contributed by atoms with Crippen molar-refractivity contribution in [2.45, 2.75) is 40.2 Å². The highest BCUT2D eigenvalue weighted by molar-refractivity contribution is 8.14. The van der Waals surface area contributed by atoms with Gasteiger partial charge in [-0.05, 0) is 19.6 Å². The first-order valence-electron chi connectivity index (χ1n) is 4.15. The quantitative estimate of drug-likeness (QED) is 0.591. The summed E-state index contributed by atoms with van der Waals surface area (Å²) in [7, 11) is 0. The van der Waals surface area contributed by atoms with E-state index < -0.39 is 0 Å². The highest BCUT2D eigenvalue weighted by Gasteiger charge is 2.48. The Morgan fingerprint density at radius 1 is 1.27 bits per heavy atom. The van der Waals surface area contributed by atoms with Gasteiger partial charge < -0.3 is 0 Å². The summed E-state index contributed by atoms with van der Waals surface area (Å²) in [6, 6.07) is 0. The van der Waals surface area contributed by atoms with Gasteiger partial charge in [-0.3, -0.25) is 4.99 Å². The van der Waals surface area contributed by atoms with Crippen LogP contribution in [0.2, 0.25) is 0 Å². The minimum atomic E-state index is 0.157. The van der Waals surface area contributed by atoms with Gasteiger partial charge in [0, 0.05) is 5.41 Å². The second-order valence-corrected chi connectivity index (χ2v) is 5.29. The van der Waals surface area contributed by atoms with Crippen molar-refractivity contribution in [3.63, 3.8) is 0 Å². The summed E-state index contributed by atoms with van der Waals surface area (Å²) in [6.45, 7) is 11.1. The Balaban J connectivity index is 2.74. The maximum atomic E-state index is 4.58. The lowest BCUT2D eigenvalue weighted by molar-refractivity contribution is 0.260. The monoisotopic (exact) mass is 171 g/mol. The third kappa shape index (κ3) is 1.22. The van der Waals surface area contributed by atoms with Crippen molar-refractivity contribution in [1.82, 2.24) is 0 Å². The summed E-state index contributed by atoms with van der Waals surface area (Å²) in [6.07, 6.45) is 0. The van der Waals surface area contributed by atoms with Crippen LogP contribution >= 0.6 is 11.8 Å². The van der Waals surface area contributed by atoms with Gasteiger partial charge in [-0.2, -0.15) is 0 Å². The van der Waals surface area contributed by atoms with E-state index in [9.17, 15) is 0 Å². The molecule has 1 aliphatic rings. The molecule has 0 saturated heterocycles. The average molecular weight is 171 g/mol. The number of hydrogen-bond donors (Lipinski definition) is 0. The lowest BCUT2D eigenvalue weighted by atomic mass is 9.71. The first kappa shape index (κ1) is 9.11. The predicted octanol–water partition coefficient (Wildman–Crippen LogP) is 2.96. The van der Waals surface area contributed by atoms with E-state index in [4.69, 9.17) is 0 Å². The molecule has 0 aliphatic carbocycles. The molecular weight excluding hydrogens is 154 g/mol. The smallest absolute Gasteiger partial charge is 0.0763 e. The van der Waals surface area contributed by atoms with Crippen LogP contribution in [0.4, 0.5) is 0 Å². The van der Waals surface area contributed by atoms with Crippen LogP contribution in [0.1, 0.15) is 34.6 Å². The molecule has 64 valence electrons. The van der Waals surface area contributed by atoms with Crippen LogP contribution in [0.15, 0.2) is 4.99 Å². The van der Waals surface area contributed by atoms with Crippen molar-refractivity contribution >= 4 is 16.8 Å². The van der Waals surface area contributed by atoms with Gasteiger partial charge >= 0.3 is 0 Å². The second-order valence-electron chi connectivity index (χ2n) is 4.03. The fourth-order valence-electron chi connectivity index (χ4n) is 1.09. The van der Waals surface area contributed by atoms with Crippen LogP contribution in [0.25, 0.3) is 0 Å². The van der Waals surface area contributed by atoms with Gasteiger partial charge in [0.2, 0.25) is 0 Å². The van der Waals surface area contributed by atoms with Crippen molar-refractivity contribution < 1.29 is 0 Å². The summed E-state index contributed by atoms with van der Waals surface area (Å²) in [4.78, 5) is 4.58. The first-order valence-corrected chi connectivity index (χ1v) is 5.13. The van der Waals surface area contributed by atoms with Gasteiger partial charge in [0.15, 0.2) is 0 Å². The minimum absolute atomic E-state index is 0.157. The Morgan fingerprint density at radius 2 is 1.82 bits per heavy atom. The van der Waals surface area contributed by atoms with Gasteiger partial charge in [0.25, 0.3) is 0 Å². The highest BCUT2D eigenvalue weighted by Crippen LogP contribution is 2.47. The zero-order valence-corrected chi connectivity index (χ0v) is 8.88. The molecule has 1 aliphatic heterocycles. The molecule has 0 fully saturated rings. The molecule has 1 nitrogen and oxygen atoms in total. The summed E-state index contributed by atoms with van der Waals surface area (Å²) in [5.74, 6) is 1.14. The topological polar surface area (TPSA) is 12.4 Å². The third-order valence-corrected chi connectivity index (χ3v) is 3.89. The molecule has 1 heterocycles. The molecule has 0 radical (unpaired) electrons. The molecule has 0 saturated carbocycles. The summed E-state index contributed by atoms with van der Waals surface area (Å²) >= 11 is 1.88. The Kier molecular flexibility index (Phi) is 2.08. The molecule has 11 heavy (non-hydrogen) atoms. The Labute approximate surface area is 73.7 Å². The van der Waals surface area contributed by atoms with Gasteiger partial charge in [-0.25, -0.2) is 0 Å². The molecule has 0 aromatic heterocycles. The molecule has 0 N–H and O–H groups in total. The molecular formula is C9H17NS. The fraction of sp³-hybridized carbons (Fsp3) is 0.889. The van der Waals surface area contributed by atoms with Gasteiger partial charge in [0.05, 0.1) is 10.6 Å². The standard InChI is InChI=1S/C9H17NS/c1-6-11-7-8(2,3)9(4,5)10-7/h6H2,1-5H3. The number of thioether (sulfide) groups is 1. The third-order valence-electron chi connectivity index (χ3n) is 2.73. The summed E-state index contributed by atoms with van der Waals surface area (Å²) in [5, 5.41) is 1.32. The van der Waals surface area contributed by atoms with E-state index in [2.05, 4.69) is 39.6 Å². The van der Waals surface area contributed by atoms with E-state index in [-0.39, 0.29) is 5.54 Å². The molecule has 0 bridgehead atoms. The maximum absolute atomic E-state index is 4.58. The molecule has 0 spiro atoms.